The number of urea groups is 1. The lowest BCUT2D eigenvalue weighted by Crippen LogP contribution is -2.51. The van der Waals surface area contributed by atoms with Gasteiger partial charge in [-0.15, -0.1) is 0 Å². The van der Waals surface area contributed by atoms with Crippen molar-refractivity contribution in [3.63, 3.8) is 0 Å². The van der Waals surface area contributed by atoms with Crippen LogP contribution >= 0.6 is 0 Å². The Morgan fingerprint density at radius 1 is 1.25 bits per heavy atom. The molecule has 24 heavy (non-hydrogen) atoms. The lowest BCUT2D eigenvalue weighted by molar-refractivity contribution is -0.166. The summed E-state index contributed by atoms with van der Waals surface area (Å²) in [6.45, 7) is 8.50. The van der Waals surface area contributed by atoms with Crippen LogP contribution in [0.3, 0.4) is 0 Å². The maximum atomic E-state index is 12.3. The predicted octanol–water partition coefficient (Wildman–Crippen LogP) is 0.421. The van der Waals surface area contributed by atoms with Gasteiger partial charge >= 0.3 is 12.0 Å². The first-order chi connectivity index (χ1) is 11.0. The second-order valence-electron chi connectivity index (χ2n) is 6.89. The maximum absolute atomic E-state index is 12.3. The smallest absolute Gasteiger partial charge is 0.335 e. The molecule has 1 aliphatic heterocycles. The summed E-state index contributed by atoms with van der Waals surface area (Å²) in [7, 11) is 1.53. The van der Waals surface area contributed by atoms with Gasteiger partial charge in [-0.2, -0.15) is 0 Å². The van der Waals surface area contributed by atoms with Gasteiger partial charge in [-0.05, 0) is 27.7 Å². The van der Waals surface area contributed by atoms with Crippen molar-refractivity contribution in [1.29, 1.82) is 0 Å². The quantitative estimate of drug-likeness (QED) is 0.726. The Balaban J connectivity index is 2.56. The molecule has 0 aliphatic carbocycles. The number of carbonyl (C=O) groups excluding carboxylic acids is 3. The minimum Gasteiger partial charge on any atom is -0.458 e. The van der Waals surface area contributed by atoms with Crippen LogP contribution in [-0.2, 0) is 19.1 Å². The summed E-state index contributed by atoms with van der Waals surface area (Å²) >= 11 is 0. The van der Waals surface area contributed by atoms with Gasteiger partial charge in [-0.25, -0.2) is 9.59 Å². The topological polar surface area (TPSA) is 96.4 Å². The number of Topliss-reactive ketones (excluding diaryl/α,β-unsaturated/α-hetero) is 1. The number of aliphatic hydroxyl groups excluding tert-OH is 1. The van der Waals surface area contributed by atoms with Crippen LogP contribution in [0.15, 0.2) is 0 Å². The Bertz CT molecular complexity index is 468. The lowest BCUT2D eigenvalue weighted by Gasteiger charge is -2.33. The normalized spacial score (nSPS) is 17.8. The summed E-state index contributed by atoms with van der Waals surface area (Å²) in [6.07, 6.45) is -1.93. The molecule has 8 heteroatoms. The first kappa shape index (κ1) is 20.4. The lowest BCUT2D eigenvalue weighted by atomic mass is 10.1. The van der Waals surface area contributed by atoms with Gasteiger partial charge in [0.1, 0.15) is 5.60 Å². The van der Waals surface area contributed by atoms with E-state index >= 15 is 0 Å². The largest absolute Gasteiger partial charge is 0.458 e. The van der Waals surface area contributed by atoms with E-state index in [9.17, 15) is 19.5 Å². The zero-order valence-corrected chi connectivity index (χ0v) is 15.1. The van der Waals surface area contributed by atoms with Crippen LogP contribution in [0.25, 0.3) is 0 Å². The van der Waals surface area contributed by atoms with Gasteiger partial charge < -0.3 is 24.4 Å². The third kappa shape index (κ3) is 6.09. The Kier molecular flexibility index (Phi) is 7.16. The van der Waals surface area contributed by atoms with Crippen LogP contribution in [0, 0.1) is 0 Å². The zero-order valence-electron chi connectivity index (χ0n) is 15.1. The number of hydrogen-bond acceptors (Lipinski definition) is 6. The fourth-order valence-electron chi connectivity index (χ4n) is 2.17. The molecule has 0 bridgehead atoms. The van der Waals surface area contributed by atoms with Crippen molar-refractivity contribution in [2.45, 2.75) is 51.9 Å². The molecule has 0 aromatic rings. The number of aliphatic hydroxyl groups is 1. The van der Waals surface area contributed by atoms with Gasteiger partial charge in [0, 0.05) is 26.6 Å². The third-order valence-electron chi connectivity index (χ3n) is 3.70. The number of hydrogen-bond donors (Lipinski definition) is 1. The number of amides is 2. The van der Waals surface area contributed by atoms with E-state index in [0.717, 1.165) is 0 Å². The van der Waals surface area contributed by atoms with Gasteiger partial charge in [-0.3, -0.25) is 4.79 Å². The second kappa shape index (κ2) is 8.43. The summed E-state index contributed by atoms with van der Waals surface area (Å²) in [5, 5.41) is 9.84. The standard InChI is InChI=1S/C16H28N2O6/c1-11(17(5)15(22)18-6-8-23-9-7-18)12(19)10-13(20)14(21)24-16(2,3)4/h11,13,20H,6-10H2,1-5H3/t11-,13?/m0/s1. The van der Waals surface area contributed by atoms with Gasteiger partial charge in [0.15, 0.2) is 11.9 Å². The molecule has 1 aliphatic rings. The van der Waals surface area contributed by atoms with Gasteiger partial charge in [0.05, 0.1) is 19.3 Å². The molecule has 0 radical (unpaired) electrons. The van der Waals surface area contributed by atoms with Crippen molar-refractivity contribution in [1.82, 2.24) is 9.80 Å². The average Bonchev–Trinajstić information content (AvgIpc) is 2.51. The minimum atomic E-state index is -1.54. The molecular weight excluding hydrogens is 316 g/mol. The summed E-state index contributed by atoms with van der Waals surface area (Å²) < 4.78 is 10.2. The fourth-order valence-corrected chi connectivity index (χ4v) is 2.17. The highest BCUT2D eigenvalue weighted by atomic mass is 16.6. The number of ether oxygens (including phenoxy) is 2. The molecular formula is C16H28N2O6. The van der Waals surface area contributed by atoms with Crippen molar-refractivity contribution >= 4 is 17.8 Å². The van der Waals surface area contributed by atoms with Crippen LogP contribution < -0.4 is 0 Å². The zero-order chi connectivity index (χ0) is 18.5. The SMILES string of the molecule is C[C@@H](C(=O)CC(O)C(=O)OC(C)(C)C)N(C)C(=O)N1CCOCC1. The van der Waals surface area contributed by atoms with Gasteiger partial charge in [0.25, 0.3) is 0 Å². The van der Waals surface area contributed by atoms with Crippen molar-refractivity contribution in [2.24, 2.45) is 0 Å². The number of esters is 1. The van der Waals surface area contributed by atoms with Crippen LogP contribution in [0.4, 0.5) is 4.79 Å². The molecule has 1 N–H and O–H groups in total. The van der Waals surface area contributed by atoms with E-state index in [0.29, 0.717) is 26.3 Å². The van der Waals surface area contributed by atoms with E-state index in [4.69, 9.17) is 9.47 Å². The van der Waals surface area contributed by atoms with E-state index in [1.165, 1.54) is 11.9 Å². The molecule has 0 aromatic heterocycles. The summed E-state index contributed by atoms with van der Waals surface area (Å²) in [5.41, 5.74) is -0.740. The van der Waals surface area contributed by atoms with Crippen molar-refractivity contribution in [3.8, 4) is 0 Å². The van der Waals surface area contributed by atoms with Gasteiger partial charge in [-0.1, -0.05) is 0 Å². The molecule has 0 aromatic carbocycles. The second-order valence-corrected chi connectivity index (χ2v) is 6.89. The van der Waals surface area contributed by atoms with Crippen LogP contribution in [0.1, 0.15) is 34.1 Å². The van der Waals surface area contributed by atoms with E-state index in [1.54, 1.807) is 32.6 Å². The Morgan fingerprint density at radius 3 is 2.29 bits per heavy atom. The van der Waals surface area contributed by atoms with Gasteiger partial charge in [0.2, 0.25) is 0 Å². The molecule has 1 saturated heterocycles. The van der Waals surface area contributed by atoms with E-state index in [1.807, 2.05) is 0 Å². The molecule has 138 valence electrons. The monoisotopic (exact) mass is 344 g/mol. The summed E-state index contributed by atoms with van der Waals surface area (Å²) in [4.78, 5) is 39.3. The molecule has 1 fully saturated rings. The molecule has 1 unspecified atom stereocenters. The van der Waals surface area contributed by atoms with E-state index in [-0.39, 0.29) is 6.03 Å². The Labute approximate surface area is 142 Å². The average molecular weight is 344 g/mol. The highest BCUT2D eigenvalue weighted by Crippen LogP contribution is 2.12. The third-order valence-corrected chi connectivity index (χ3v) is 3.70. The molecule has 2 atom stereocenters. The Hall–Kier alpha value is -1.67. The first-order valence-corrected chi connectivity index (χ1v) is 8.06. The fraction of sp³-hybridized carbons (Fsp3) is 0.812. The number of nitrogens with zero attached hydrogens (tertiary/aromatic N) is 2. The van der Waals surface area contributed by atoms with Crippen LogP contribution in [0.2, 0.25) is 0 Å². The van der Waals surface area contributed by atoms with Crippen molar-refractivity contribution < 1.29 is 29.0 Å². The number of carbonyl (C=O) groups is 3. The molecule has 2 amide bonds. The highest BCUT2D eigenvalue weighted by molar-refractivity contribution is 5.91. The molecule has 0 saturated carbocycles. The van der Waals surface area contributed by atoms with Crippen molar-refractivity contribution in [2.75, 3.05) is 33.4 Å². The number of ketones is 1. The Morgan fingerprint density at radius 2 is 1.79 bits per heavy atom. The van der Waals surface area contributed by atoms with Crippen LogP contribution in [-0.4, -0.2) is 83.8 Å². The molecule has 1 rings (SSSR count). The molecule has 8 nitrogen and oxygen atoms in total. The summed E-state index contributed by atoms with van der Waals surface area (Å²) in [6, 6.07) is -1.02. The number of likely N-dealkylation sites (N-methyl/N-ethyl adjacent to an activating group) is 1. The number of morpholine rings is 1. The minimum absolute atomic E-state index is 0.272. The number of rotatable bonds is 5. The summed E-state index contributed by atoms with van der Waals surface area (Å²) in [5.74, 6) is -1.25. The van der Waals surface area contributed by atoms with Crippen molar-refractivity contribution in [3.05, 3.63) is 0 Å². The first-order valence-electron chi connectivity index (χ1n) is 8.06. The van der Waals surface area contributed by atoms with E-state index in [2.05, 4.69) is 0 Å². The highest BCUT2D eigenvalue weighted by Gasteiger charge is 2.31. The molecule has 0 spiro atoms. The van der Waals surface area contributed by atoms with E-state index < -0.39 is 35.9 Å². The molecule has 1 heterocycles. The predicted molar refractivity (Wildman–Crippen MR) is 86.5 cm³/mol. The van der Waals surface area contributed by atoms with Crippen LogP contribution in [0.5, 0.6) is 0 Å². The maximum Gasteiger partial charge on any atom is 0.335 e.